The molecule has 0 bridgehead atoms. The molecule has 2 atom stereocenters. The predicted octanol–water partition coefficient (Wildman–Crippen LogP) is 4.92. The lowest BCUT2D eigenvalue weighted by Gasteiger charge is -2.36. The smallest absolute Gasteiger partial charge is 0.255 e. The molecular formula is C27H26N2O2. The molecule has 4 nitrogen and oxygen atoms in total. The molecule has 2 amide bonds. The minimum Gasteiger partial charge on any atom is -0.368 e. The van der Waals surface area contributed by atoms with Crippen molar-refractivity contribution in [2.24, 2.45) is 5.73 Å². The molecule has 3 aromatic carbocycles. The van der Waals surface area contributed by atoms with Crippen LogP contribution in [0.5, 0.6) is 0 Å². The summed E-state index contributed by atoms with van der Waals surface area (Å²) in [5.41, 5.74) is 11.0. The number of carbonyl (C=O) groups is 2. The highest BCUT2D eigenvalue weighted by molar-refractivity contribution is 5.98. The molecule has 3 aromatic rings. The summed E-state index contributed by atoms with van der Waals surface area (Å²) in [6.45, 7) is 0. The fraction of sp³-hybridized carbons (Fsp3) is 0.259. The van der Waals surface area contributed by atoms with E-state index >= 15 is 0 Å². The van der Waals surface area contributed by atoms with Gasteiger partial charge in [0.2, 0.25) is 5.91 Å². The average Bonchev–Trinajstić information content (AvgIpc) is 3.58. The van der Waals surface area contributed by atoms with E-state index in [4.69, 9.17) is 5.73 Å². The van der Waals surface area contributed by atoms with Gasteiger partial charge in [0, 0.05) is 5.56 Å². The second kappa shape index (κ2) is 8.03. The van der Waals surface area contributed by atoms with Crippen LogP contribution < -0.4 is 5.73 Å². The van der Waals surface area contributed by atoms with Crippen LogP contribution in [-0.2, 0) is 11.2 Å². The zero-order valence-corrected chi connectivity index (χ0v) is 17.4. The maximum Gasteiger partial charge on any atom is 0.255 e. The van der Waals surface area contributed by atoms with E-state index < -0.39 is 11.9 Å². The van der Waals surface area contributed by atoms with Gasteiger partial charge in [-0.3, -0.25) is 9.59 Å². The number of aryl methyl sites for hydroxylation is 1. The molecule has 0 aliphatic heterocycles. The van der Waals surface area contributed by atoms with Crippen molar-refractivity contribution in [2.75, 3.05) is 0 Å². The zero-order chi connectivity index (χ0) is 21.4. The Morgan fingerprint density at radius 1 is 0.871 bits per heavy atom. The van der Waals surface area contributed by atoms with Crippen molar-refractivity contribution >= 4 is 11.8 Å². The van der Waals surface area contributed by atoms with Gasteiger partial charge in [0.1, 0.15) is 6.04 Å². The summed E-state index contributed by atoms with van der Waals surface area (Å²) in [5.74, 6) is -0.0453. The fourth-order valence-electron chi connectivity index (χ4n) is 4.82. The van der Waals surface area contributed by atoms with Crippen LogP contribution in [-0.4, -0.2) is 16.7 Å². The normalized spacial score (nSPS) is 18.3. The number of primary amides is 1. The Hall–Kier alpha value is -3.40. The second-order valence-electron chi connectivity index (χ2n) is 8.58. The lowest BCUT2D eigenvalue weighted by atomic mass is 9.96. The predicted molar refractivity (Wildman–Crippen MR) is 120 cm³/mol. The standard InChI is InChI=1S/C27H26N2O2/c28-26(30)25(20-7-3-1-4-8-20)29(27(31)21-9-5-2-6-10-21)24-16-15-19-13-14-22(17-23(19)24)18-11-12-18/h1-10,13-14,17-18,24-25H,11-12,15-16H2,(H2,28,30)/t24-,25+/m1/s1. The van der Waals surface area contributed by atoms with E-state index in [2.05, 4.69) is 18.2 Å². The topological polar surface area (TPSA) is 63.4 Å². The minimum absolute atomic E-state index is 0.164. The first-order chi connectivity index (χ1) is 15.1. The Balaban J connectivity index is 1.62. The van der Waals surface area contributed by atoms with Gasteiger partial charge in [0.25, 0.3) is 5.91 Å². The van der Waals surface area contributed by atoms with Crippen molar-refractivity contribution in [3.05, 3.63) is 107 Å². The number of nitrogens with two attached hydrogens (primary N) is 1. The van der Waals surface area contributed by atoms with Crippen LogP contribution in [0.3, 0.4) is 0 Å². The van der Waals surface area contributed by atoms with Crippen molar-refractivity contribution in [2.45, 2.75) is 43.7 Å². The first-order valence-electron chi connectivity index (χ1n) is 11.0. The highest BCUT2D eigenvalue weighted by Crippen LogP contribution is 2.45. The fourth-order valence-corrected chi connectivity index (χ4v) is 4.82. The highest BCUT2D eigenvalue weighted by Gasteiger charge is 2.40. The second-order valence-corrected chi connectivity index (χ2v) is 8.58. The summed E-state index contributed by atoms with van der Waals surface area (Å²) in [6.07, 6.45) is 4.14. The minimum atomic E-state index is -0.825. The quantitative estimate of drug-likeness (QED) is 0.627. The number of amides is 2. The van der Waals surface area contributed by atoms with E-state index in [0.29, 0.717) is 11.5 Å². The molecule has 5 rings (SSSR count). The van der Waals surface area contributed by atoms with Crippen LogP contribution in [0.15, 0.2) is 78.9 Å². The van der Waals surface area contributed by atoms with Crippen LogP contribution in [0, 0.1) is 0 Å². The molecule has 0 aromatic heterocycles. The third-order valence-electron chi connectivity index (χ3n) is 6.52. The van der Waals surface area contributed by atoms with Gasteiger partial charge in [-0.05, 0) is 66.0 Å². The molecule has 2 N–H and O–H groups in total. The highest BCUT2D eigenvalue weighted by atomic mass is 16.2. The van der Waals surface area contributed by atoms with E-state index in [-0.39, 0.29) is 11.9 Å². The van der Waals surface area contributed by atoms with Gasteiger partial charge in [0.05, 0.1) is 6.04 Å². The van der Waals surface area contributed by atoms with Gasteiger partial charge in [-0.2, -0.15) is 0 Å². The summed E-state index contributed by atoms with van der Waals surface area (Å²) in [4.78, 5) is 28.3. The van der Waals surface area contributed by atoms with E-state index in [1.54, 1.807) is 17.0 Å². The Labute approximate surface area is 182 Å². The summed E-state index contributed by atoms with van der Waals surface area (Å²) >= 11 is 0. The molecule has 0 heterocycles. The maximum absolute atomic E-state index is 13.8. The number of carbonyl (C=O) groups excluding carboxylic acids is 2. The van der Waals surface area contributed by atoms with Gasteiger partial charge >= 0.3 is 0 Å². The van der Waals surface area contributed by atoms with Crippen molar-refractivity contribution < 1.29 is 9.59 Å². The number of fused-ring (bicyclic) bond motifs is 1. The Morgan fingerprint density at radius 2 is 1.55 bits per heavy atom. The van der Waals surface area contributed by atoms with Gasteiger partial charge in [-0.1, -0.05) is 66.7 Å². The molecule has 156 valence electrons. The third kappa shape index (κ3) is 3.74. The van der Waals surface area contributed by atoms with Crippen LogP contribution in [0.25, 0.3) is 0 Å². The van der Waals surface area contributed by atoms with Gasteiger partial charge in [-0.25, -0.2) is 0 Å². The average molecular weight is 411 g/mol. The Kier molecular flexibility index (Phi) is 5.06. The van der Waals surface area contributed by atoms with Gasteiger partial charge < -0.3 is 10.6 Å². The molecule has 1 saturated carbocycles. The lowest BCUT2D eigenvalue weighted by molar-refractivity contribution is -0.123. The van der Waals surface area contributed by atoms with Crippen LogP contribution in [0.1, 0.15) is 69.9 Å². The summed E-state index contributed by atoms with van der Waals surface area (Å²) < 4.78 is 0. The molecule has 2 aliphatic rings. The first-order valence-corrected chi connectivity index (χ1v) is 11.0. The monoisotopic (exact) mass is 410 g/mol. The van der Waals surface area contributed by atoms with Crippen LogP contribution >= 0.6 is 0 Å². The summed E-state index contributed by atoms with van der Waals surface area (Å²) in [6, 6.07) is 24.3. The molecular weight excluding hydrogens is 384 g/mol. The van der Waals surface area contributed by atoms with Crippen LogP contribution in [0.2, 0.25) is 0 Å². The van der Waals surface area contributed by atoms with Crippen molar-refractivity contribution in [1.29, 1.82) is 0 Å². The lowest BCUT2D eigenvalue weighted by Crippen LogP contribution is -2.43. The van der Waals surface area contributed by atoms with Crippen molar-refractivity contribution in [3.8, 4) is 0 Å². The number of benzene rings is 3. The largest absolute Gasteiger partial charge is 0.368 e. The maximum atomic E-state index is 13.8. The SMILES string of the molecule is NC(=O)[C@H](c1ccccc1)N(C(=O)c1ccccc1)[C@@H]1CCc2ccc(C3CC3)cc21. The molecule has 0 saturated heterocycles. The van der Waals surface area contributed by atoms with Crippen LogP contribution in [0.4, 0.5) is 0 Å². The van der Waals surface area contributed by atoms with E-state index in [1.165, 1.54) is 24.0 Å². The number of hydrogen-bond acceptors (Lipinski definition) is 2. The zero-order valence-electron chi connectivity index (χ0n) is 17.4. The first kappa shape index (κ1) is 19.6. The van der Waals surface area contributed by atoms with Gasteiger partial charge in [0.15, 0.2) is 0 Å². The third-order valence-corrected chi connectivity index (χ3v) is 6.52. The number of hydrogen-bond donors (Lipinski definition) is 1. The number of rotatable bonds is 6. The molecule has 2 aliphatic carbocycles. The molecule has 0 radical (unpaired) electrons. The molecule has 4 heteroatoms. The molecule has 1 fully saturated rings. The van der Waals surface area contributed by atoms with E-state index in [1.807, 2.05) is 48.5 Å². The Bertz CT molecular complexity index is 1110. The van der Waals surface area contributed by atoms with E-state index in [0.717, 1.165) is 24.0 Å². The Morgan fingerprint density at radius 3 is 2.19 bits per heavy atom. The van der Waals surface area contributed by atoms with Crippen molar-refractivity contribution in [1.82, 2.24) is 4.90 Å². The molecule has 0 unspecified atom stereocenters. The molecule has 31 heavy (non-hydrogen) atoms. The van der Waals surface area contributed by atoms with Crippen molar-refractivity contribution in [3.63, 3.8) is 0 Å². The molecule has 0 spiro atoms. The number of nitrogens with zero attached hydrogens (tertiary/aromatic N) is 1. The van der Waals surface area contributed by atoms with Gasteiger partial charge in [-0.15, -0.1) is 0 Å². The summed E-state index contributed by atoms with van der Waals surface area (Å²) in [5, 5.41) is 0. The summed E-state index contributed by atoms with van der Waals surface area (Å²) in [7, 11) is 0. The van der Waals surface area contributed by atoms with E-state index in [9.17, 15) is 9.59 Å².